The minimum absolute atomic E-state index is 0.0262. The largest absolute Gasteiger partial charge is 0.342 e. The third-order valence-electron chi connectivity index (χ3n) is 6.82. The minimum atomic E-state index is -0.153. The van der Waals surface area contributed by atoms with Gasteiger partial charge >= 0.3 is 0 Å². The molecular weight excluding hydrogens is 424 g/mol. The van der Waals surface area contributed by atoms with Crippen LogP contribution in [0.3, 0.4) is 0 Å². The first-order valence-electron chi connectivity index (χ1n) is 11.7. The first-order valence-corrected chi connectivity index (χ1v) is 11.7. The van der Waals surface area contributed by atoms with E-state index in [2.05, 4.69) is 52.9 Å². The van der Waals surface area contributed by atoms with E-state index in [4.69, 9.17) is 10.1 Å². The van der Waals surface area contributed by atoms with E-state index in [-0.39, 0.29) is 11.4 Å². The summed E-state index contributed by atoms with van der Waals surface area (Å²) in [6.07, 6.45) is 3.91. The van der Waals surface area contributed by atoms with Crippen molar-refractivity contribution in [3.63, 3.8) is 0 Å². The summed E-state index contributed by atoms with van der Waals surface area (Å²) in [6.45, 7) is 6.83. The Hall–Kier alpha value is -4.00. The normalized spacial score (nSPS) is 15.3. The van der Waals surface area contributed by atoms with E-state index in [9.17, 15) is 4.79 Å². The molecule has 2 N–H and O–H groups in total. The van der Waals surface area contributed by atoms with Crippen LogP contribution in [0.1, 0.15) is 46.9 Å². The molecular formula is C27H26N6O. The summed E-state index contributed by atoms with van der Waals surface area (Å²) in [5.41, 5.74) is 8.00. The standard InChI is InChI=1S/C27H26N6O/c1-4-33-26(29-20-8-10-22-23(14-20)27(11-12-27)31-25(22)34)30-24(32-33)18-7-9-21(16(2)13-18)19-6-5-17(3)28-15-19/h5-10,13-15H,4,11-12H2,1-3H3,(H,31,34)(H,29,30,32). The van der Waals surface area contributed by atoms with Crippen molar-refractivity contribution in [2.24, 2.45) is 0 Å². The number of aromatic nitrogens is 4. The van der Waals surface area contributed by atoms with E-state index in [0.717, 1.165) is 57.6 Å². The van der Waals surface area contributed by atoms with Crippen LogP contribution in [0.15, 0.2) is 54.7 Å². The zero-order chi connectivity index (χ0) is 23.4. The Kier molecular flexibility index (Phi) is 4.55. The van der Waals surface area contributed by atoms with E-state index >= 15 is 0 Å². The van der Waals surface area contributed by atoms with Crippen LogP contribution in [-0.4, -0.2) is 25.7 Å². The lowest BCUT2D eigenvalue weighted by molar-refractivity contribution is 0.0952. The van der Waals surface area contributed by atoms with E-state index in [1.54, 1.807) is 0 Å². The van der Waals surface area contributed by atoms with Crippen molar-refractivity contribution >= 4 is 17.5 Å². The van der Waals surface area contributed by atoms with Crippen molar-refractivity contribution in [2.45, 2.75) is 45.7 Å². The number of nitrogens with one attached hydrogen (secondary N) is 2. The number of fused-ring (bicyclic) bond motifs is 2. The topological polar surface area (TPSA) is 84.7 Å². The smallest absolute Gasteiger partial charge is 0.252 e. The summed E-state index contributed by atoms with van der Waals surface area (Å²) in [5, 5.41) is 11.3. The first kappa shape index (κ1) is 20.6. The lowest BCUT2D eigenvalue weighted by Gasteiger charge is -2.11. The molecule has 0 bridgehead atoms. The molecule has 1 aliphatic heterocycles. The van der Waals surface area contributed by atoms with Gasteiger partial charge in [-0.3, -0.25) is 9.78 Å². The van der Waals surface area contributed by atoms with Crippen molar-refractivity contribution < 1.29 is 4.79 Å². The van der Waals surface area contributed by atoms with Crippen LogP contribution < -0.4 is 10.6 Å². The van der Waals surface area contributed by atoms with Gasteiger partial charge in [0.2, 0.25) is 5.95 Å². The van der Waals surface area contributed by atoms with E-state index < -0.39 is 0 Å². The highest BCUT2D eigenvalue weighted by Crippen LogP contribution is 2.51. The fraction of sp³-hybridized carbons (Fsp3) is 0.259. The van der Waals surface area contributed by atoms with Gasteiger partial charge in [-0.1, -0.05) is 18.2 Å². The average molecular weight is 451 g/mol. The SMILES string of the molecule is CCn1nc(-c2ccc(-c3ccc(C)nc3)c(C)c2)nc1Nc1ccc2c(c1)C1(CC1)NC2=O. The number of hydrogen-bond acceptors (Lipinski definition) is 5. The fourth-order valence-corrected chi connectivity index (χ4v) is 4.75. The van der Waals surface area contributed by atoms with Crippen molar-refractivity contribution in [2.75, 3.05) is 5.32 Å². The molecule has 1 saturated carbocycles. The van der Waals surface area contributed by atoms with E-state index in [1.807, 2.05) is 42.9 Å². The van der Waals surface area contributed by atoms with Crippen LogP contribution in [0.25, 0.3) is 22.5 Å². The number of pyridine rings is 1. The Balaban J connectivity index is 1.30. The fourth-order valence-electron chi connectivity index (χ4n) is 4.75. The second kappa shape index (κ2) is 7.52. The summed E-state index contributed by atoms with van der Waals surface area (Å²) >= 11 is 0. The summed E-state index contributed by atoms with van der Waals surface area (Å²) in [4.78, 5) is 21.5. The molecule has 2 aromatic heterocycles. The van der Waals surface area contributed by atoms with Gasteiger partial charge in [-0.25, -0.2) is 4.68 Å². The molecule has 4 aromatic rings. The predicted molar refractivity (Wildman–Crippen MR) is 132 cm³/mol. The molecule has 7 heteroatoms. The molecule has 2 aromatic carbocycles. The van der Waals surface area contributed by atoms with Gasteiger partial charge in [0.15, 0.2) is 5.82 Å². The number of aryl methyl sites for hydroxylation is 3. The molecule has 6 rings (SSSR count). The van der Waals surface area contributed by atoms with Gasteiger partial charge in [0.1, 0.15) is 0 Å². The van der Waals surface area contributed by atoms with Gasteiger partial charge in [-0.2, -0.15) is 4.98 Å². The second-order valence-electron chi connectivity index (χ2n) is 9.21. The minimum Gasteiger partial charge on any atom is -0.342 e. The number of benzene rings is 2. The number of carbonyl (C=O) groups excluding carboxylic acids is 1. The van der Waals surface area contributed by atoms with Crippen LogP contribution in [0, 0.1) is 13.8 Å². The molecule has 3 heterocycles. The van der Waals surface area contributed by atoms with E-state index in [0.29, 0.717) is 18.3 Å². The van der Waals surface area contributed by atoms with Crippen LogP contribution in [0.4, 0.5) is 11.6 Å². The molecule has 170 valence electrons. The van der Waals surface area contributed by atoms with Crippen LogP contribution >= 0.6 is 0 Å². The maximum Gasteiger partial charge on any atom is 0.252 e. The third-order valence-corrected chi connectivity index (χ3v) is 6.82. The maximum atomic E-state index is 12.2. The molecule has 1 aliphatic carbocycles. The Morgan fingerprint density at radius 2 is 1.82 bits per heavy atom. The molecule has 0 saturated heterocycles. The second-order valence-corrected chi connectivity index (χ2v) is 9.21. The van der Waals surface area contributed by atoms with Crippen molar-refractivity contribution in [1.29, 1.82) is 0 Å². The number of amides is 1. The van der Waals surface area contributed by atoms with Crippen molar-refractivity contribution in [3.05, 3.63) is 77.1 Å². The molecule has 2 aliphatic rings. The molecule has 0 unspecified atom stereocenters. The third kappa shape index (κ3) is 3.36. The highest BCUT2D eigenvalue weighted by Gasteiger charge is 2.52. The van der Waals surface area contributed by atoms with Crippen molar-refractivity contribution in [3.8, 4) is 22.5 Å². The van der Waals surface area contributed by atoms with Crippen LogP contribution in [0.2, 0.25) is 0 Å². The zero-order valence-corrected chi connectivity index (χ0v) is 19.5. The van der Waals surface area contributed by atoms with Gasteiger partial charge in [0, 0.05) is 40.8 Å². The van der Waals surface area contributed by atoms with Crippen LogP contribution in [-0.2, 0) is 12.1 Å². The quantitative estimate of drug-likeness (QED) is 0.441. The molecule has 1 spiro atoms. The molecule has 34 heavy (non-hydrogen) atoms. The highest BCUT2D eigenvalue weighted by atomic mass is 16.2. The number of hydrogen-bond donors (Lipinski definition) is 2. The zero-order valence-electron chi connectivity index (χ0n) is 19.5. The molecule has 1 amide bonds. The molecule has 0 atom stereocenters. The monoisotopic (exact) mass is 450 g/mol. The van der Waals surface area contributed by atoms with Crippen molar-refractivity contribution in [1.82, 2.24) is 25.1 Å². The number of nitrogens with zero attached hydrogens (tertiary/aromatic N) is 4. The summed E-state index contributed by atoms with van der Waals surface area (Å²) in [7, 11) is 0. The number of rotatable bonds is 5. The average Bonchev–Trinajstić information content (AvgIpc) is 3.41. The Morgan fingerprint density at radius 3 is 2.53 bits per heavy atom. The lowest BCUT2D eigenvalue weighted by Crippen LogP contribution is -2.25. The number of carbonyl (C=O) groups is 1. The lowest BCUT2D eigenvalue weighted by atomic mass is 9.99. The van der Waals surface area contributed by atoms with Gasteiger partial charge < -0.3 is 10.6 Å². The van der Waals surface area contributed by atoms with Gasteiger partial charge in [0.25, 0.3) is 5.91 Å². The first-order chi connectivity index (χ1) is 16.5. The number of anilines is 2. The summed E-state index contributed by atoms with van der Waals surface area (Å²) in [5.74, 6) is 1.39. The Labute approximate surface area is 198 Å². The Morgan fingerprint density at radius 1 is 1.03 bits per heavy atom. The highest BCUT2D eigenvalue weighted by molar-refractivity contribution is 6.01. The van der Waals surface area contributed by atoms with E-state index in [1.165, 1.54) is 0 Å². The predicted octanol–water partition coefficient (Wildman–Crippen LogP) is 5.12. The van der Waals surface area contributed by atoms with Gasteiger partial charge in [-0.05, 0) is 80.6 Å². The Bertz CT molecular complexity index is 1430. The van der Waals surface area contributed by atoms with Gasteiger partial charge in [0.05, 0.1) is 5.54 Å². The molecule has 1 fully saturated rings. The summed E-state index contributed by atoms with van der Waals surface area (Å²) in [6, 6.07) is 16.3. The molecule has 0 radical (unpaired) electrons. The maximum absolute atomic E-state index is 12.2. The van der Waals surface area contributed by atoms with Crippen LogP contribution in [0.5, 0.6) is 0 Å². The summed E-state index contributed by atoms with van der Waals surface area (Å²) < 4.78 is 1.87. The van der Waals surface area contributed by atoms with Gasteiger partial charge in [-0.15, -0.1) is 5.10 Å². The molecule has 7 nitrogen and oxygen atoms in total.